The zero-order valence-electron chi connectivity index (χ0n) is 15.5. The highest BCUT2D eigenvalue weighted by atomic mass is 32.1. The molecule has 2 aliphatic rings. The van der Waals surface area contributed by atoms with Gasteiger partial charge in [0.1, 0.15) is 11.5 Å². The molecule has 25 heavy (non-hydrogen) atoms. The molecule has 2 aliphatic heterocycles. The van der Waals surface area contributed by atoms with Crippen LogP contribution in [0.1, 0.15) is 49.2 Å². The van der Waals surface area contributed by atoms with Gasteiger partial charge in [-0.25, -0.2) is 0 Å². The van der Waals surface area contributed by atoms with Crippen LogP contribution in [0.15, 0.2) is 4.42 Å². The van der Waals surface area contributed by atoms with Gasteiger partial charge in [-0.2, -0.15) is 0 Å². The van der Waals surface area contributed by atoms with Crippen molar-refractivity contribution in [3.63, 3.8) is 0 Å². The average Bonchev–Trinajstić information content (AvgIpc) is 3.21. The number of anilines is 1. The van der Waals surface area contributed by atoms with E-state index in [-0.39, 0.29) is 0 Å². The van der Waals surface area contributed by atoms with Crippen LogP contribution in [-0.4, -0.2) is 47.3 Å². The van der Waals surface area contributed by atoms with E-state index in [0.29, 0.717) is 0 Å². The molecule has 0 atom stereocenters. The first-order chi connectivity index (χ1) is 12.1. The van der Waals surface area contributed by atoms with Gasteiger partial charge in [0.2, 0.25) is 5.13 Å². The number of aromatic nitrogens is 2. The molecule has 136 valence electrons. The zero-order valence-corrected chi connectivity index (χ0v) is 16.4. The summed E-state index contributed by atoms with van der Waals surface area (Å²) in [5, 5.41) is 11.0. The third-order valence-electron chi connectivity index (χ3n) is 5.83. The highest BCUT2D eigenvalue weighted by Crippen LogP contribution is 2.36. The third kappa shape index (κ3) is 3.34. The molecule has 2 fully saturated rings. The normalized spacial score (nSPS) is 20.4. The van der Waals surface area contributed by atoms with Gasteiger partial charge in [-0.05, 0) is 59.5 Å². The molecule has 2 saturated heterocycles. The molecule has 2 aromatic rings. The lowest BCUT2D eigenvalue weighted by Gasteiger charge is -2.40. The van der Waals surface area contributed by atoms with E-state index in [2.05, 4.69) is 26.9 Å². The standard InChI is InChI=1S/C19H28N4OS/c1-13-14(2)24-15(3)17(13)18-20-21-19(25-18)23-11-7-16(8-12-23)22-9-5-4-6-10-22/h16H,4-12H2,1-3H3. The molecule has 5 nitrogen and oxygen atoms in total. The Bertz CT molecular complexity index is 724. The van der Waals surface area contributed by atoms with Crippen LogP contribution in [-0.2, 0) is 0 Å². The summed E-state index contributed by atoms with van der Waals surface area (Å²) in [6.07, 6.45) is 6.66. The topological polar surface area (TPSA) is 45.4 Å². The minimum absolute atomic E-state index is 0.768. The Morgan fingerprint density at radius 2 is 1.64 bits per heavy atom. The molecule has 4 heterocycles. The number of aryl methyl sites for hydroxylation is 2. The minimum atomic E-state index is 0.768. The summed E-state index contributed by atoms with van der Waals surface area (Å²) in [6.45, 7) is 10.9. The van der Waals surface area contributed by atoms with Crippen molar-refractivity contribution in [1.29, 1.82) is 0 Å². The largest absolute Gasteiger partial charge is 0.466 e. The van der Waals surface area contributed by atoms with Gasteiger partial charge in [-0.1, -0.05) is 17.8 Å². The molecule has 0 radical (unpaired) electrons. The predicted octanol–water partition coefficient (Wildman–Crippen LogP) is 4.18. The summed E-state index contributed by atoms with van der Waals surface area (Å²) < 4.78 is 5.76. The van der Waals surface area contributed by atoms with Crippen LogP contribution in [0.3, 0.4) is 0 Å². The number of rotatable bonds is 3. The van der Waals surface area contributed by atoms with Gasteiger partial charge < -0.3 is 14.2 Å². The fourth-order valence-corrected chi connectivity index (χ4v) is 5.31. The molecule has 2 aromatic heterocycles. The second-order valence-corrected chi connectivity index (χ2v) is 8.38. The van der Waals surface area contributed by atoms with Crippen molar-refractivity contribution in [2.45, 2.75) is 58.9 Å². The van der Waals surface area contributed by atoms with E-state index >= 15 is 0 Å². The summed E-state index contributed by atoms with van der Waals surface area (Å²) in [5.74, 6) is 1.92. The first kappa shape index (κ1) is 17.0. The van der Waals surface area contributed by atoms with Crippen molar-refractivity contribution in [3.05, 3.63) is 17.1 Å². The van der Waals surface area contributed by atoms with Crippen LogP contribution in [0.5, 0.6) is 0 Å². The van der Waals surface area contributed by atoms with Gasteiger partial charge in [0, 0.05) is 24.7 Å². The Labute approximate surface area is 154 Å². The zero-order chi connectivity index (χ0) is 17.4. The first-order valence-electron chi connectivity index (χ1n) is 9.53. The smallest absolute Gasteiger partial charge is 0.208 e. The Morgan fingerprint density at radius 1 is 0.920 bits per heavy atom. The van der Waals surface area contributed by atoms with Crippen LogP contribution >= 0.6 is 11.3 Å². The lowest BCUT2D eigenvalue weighted by Crippen LogP contribution is -2.46. The van der Waals surface area contributed by atoms with E-state index in [1.807, 2.05) is 13.8 Å². The maximum atomic E-state index is 5.76. The van der Waals surface area contributed by atoms with E-state index in [0.717, 1.165) is 46.4 Å². The number of hydrogen-bond donors (Lipinski definition) is 0. The Balaban J connectivity index is 1.43. The van der Waals surface area contributed by atoms with Crippen LogP contribution < -0.4 is 4.90 Å². The molecule has 0 aromatic carbocycles. The predicted molar refractivity (Wildman–Crippen MR) is 102 cm³/mol. The lowest BCUT2D eigenvalue weighted by molar-refractivity contribution is 0.141. The minimum Gasteiger partial charge on any atom is -0.466 e. The summed E-state index contributed by atoms with van der Waals surface area (Å²) >= 11 is 1.70. The van der Waals surface area contributed by atoms with Gasteiger partial charge in [-0.15, -0.1) is 10.2 Å². The maximum Gasteiger partial charge on any atom is 0.208 e. The number of likely N-dealkylation sites (tertiary alicyclic amines) is 1. The van der Waals surface area contributed by atoms with Crippen molar-refractivity contribution in [2.24, 2.45) is 0 Å². The fraction of sp³-hybridized carbons (Fsp3) is 0.684. The Morgan fingerprint density at radius 3 is 2.28 bits per heavy atom. The second-order valence-electron chi connectivity index (χ2n) is 7.42. The number of nitrogens with zero attached hydrogens (tertiary/aromatic N) is 4. The van der Waals surface area contributed by atoms with Crippen molar-refractivity contribution >= 4 is 16.5 Å². The summed E-state index contributed by atoms with van der Waals surface area (Å²) in [5.41, 5.74) is 2.31. The molecule has 0 unspecified atom stereocenters. The summed E-state index contributed by atoms with van der Waals surface area (Å²) in [6, 6.07) is 0.768. The summed E-state index contributed by atoms with van der Waals surface area (Å²) in [7, 11) is 0. The van der Waals surface area contributed by atoms with E-state index in [1.54, 1.807) is 11.3 Å². The molecule has 0 aliphatic carbocycles. The molecule has 6 heteroatoms. The molecule has 4 rings (SSSR count). The van der Waals surface area contributed by atoms with Crippen molar-refractivity contribution in [3.8, 4) is 10.6 Å². The van der Waals surface area contributed by atoms with Gasteiger partial charge in [0.25, 0.3) is 0 Å². The fourth-order valence-electron chi connectivity index (χ4n) is 4.26. The van der Waals surface area contributed by atoms with E-state index in [4.69, 9.17) is 4.42 Å². The van der Waals surface area contributed by atoms with Crippen molar-refractivity contribution in [1.82, 2.24) is 15.1 Å². The van der Waals surface area contributed by atoms with Gasteiger partial charge in [0.05, 0.1) is 5.56 Å². The van der Waals surface area contributed by atoms with Crippen molar-refractivity contribution in [2.75, 3.05) is 31.1 Å². The van der Waals surface area contributed by atoms with Crippen LogP contribution in [0.2, 0.25) is 0 Å². The van der Waals surface area contributed by atoms with Gasteiger partial charge in [-0.3, -0.25) is 0 Å². The van der Waals surface area contributed by atoms with Gasteiger partial charge >= 0.3 is 0 Å². The first-order valence-corrected chi connectivity index (χ1v) is 10.3. The highest BCUT2D eigenvalue weighted by Gasteiger charge is 2.27. The Kier molecular flexibility index (Phi) is 4.82. The highest BCUT2D eigenvalue weighted by molar-refractivity contribution is 7.18. The SMILES string of the molecule is Cc1oc(C)c(-c2nnc(N3CCC(N4CCCCC4)CC3)s2)c1C. The monoisotopic (exact) mass is 360 g/mol. The van der Waals surface area contributed by atoms with Crippen LogP contribution in [0, 0.1) is 20.8 Å². The average molecular weight is 361 g/mol. The second kappa shape index (κ2) is 7.08. The molecule has 0 N–H and O–H groups in total. The molecule has 0 saturated carbocycles. The molecular weight excluding hydrogens is 332 g/mol. The van der Waals surface area contributed by atoms with Crippen LogP contribution in [0.4, 0.5) is 5.13 Å². The third-order valence-corrected chi connectivity index (χ3v) is 6.83. The molecular formula is C19H28N4OS. The Hall–Kier alpha value is -1.40. The van der Waals surface area contributed by atoms with E-state index in [1.165, 1.54) is 50.8 Å². The molecule has 0 spiro atoms. The lowest BCUT2D eigenvalue weighted by atomic mass is 10.0. The quantitative estimate of drug-likeness (QED) is 0.822. The summed E-state index contributed by atoms with van der Waals surface area (Å²) in [4.78, 5) is 5.13. The van der Waals surface area contributed by atoms with E-state index in [9.17, 15) is 0 Å². The maximum absolute atomic E-state index is 5.76. The molecule has 0 bridgehead atoms. The molecule has 0 amide bonds. The number of furan rings is 1. The van der Waals surface area contributed by atoms with Gasteiger partial charge in [0.15, 0.2) is 5.01 Å². The number of hydrogen-bond acceptors (Lipinski definition) is 6. The van der Waals surface area contributed by atoms with Crippen molar-refractivity contribution < 1.29 is 4.42 Å². The van der Waals surface area contributed by atoms with Crippen LogP contribution in [0.25, 0.3) is 10.6 Å². The number of piperidine rings is 2. The van der Waals surface area contributed by atoms with E-state index < -0.39 is 0 Å².